The summed E-state index contributed by atoms with van der Waals surface area (Å²) in [5.74, 6) is 2.51. The first-order valence-electron chi connectivity index (χ1n) is 10.0. The van der Waals surface area contributed by atoms with Crippen LogP contribution in [0.4, 0.5) is 5.82 Å². The van der Waals surface area contributed by atoms with Crippen LogP contribution in [0.15, 0.2) is 28.0 Å². The number of nitrogens with zero attached hydrogens (tertiary/aromatic N) is 4. The second kappa shape index (κ2) is 8.72. The predicted molar refractivity (Wildman–Crippen MR) is 131 cm³/mol. The summed E-state index contributed by atoms with van der Waals surface area (Å²) in [6.07, 6.45) is 4.24. The Morgan fingerprint density at radius 3 is 2.73 bits per heavy atom. The molecule has 0 aromatic carbocycles. The van der Waals surface area contributed by atoms with Gasteiger partial charge in [0, 0.05) is 36.8 Å². The molecule has 2 aromatic heterocycles. The summed E-state index contributed by atoms with van der Waals surface area (Å²) in [6.45, 7) is 7.62. The Balaban J connectivity index is 1.88. The third kappa shape index (κ3) is 3.78. The van der Waals surface area contributed by atoms with Crippen molar-refractivity contribution >= 4 is 63.5 Å². The van der Waals surface area contributed by atoms with E-state index in [9.17, 15) is 9.59 Å². The maximum Gasteiger partial charge on any atom is 0.267 e. The first-order valence-corrected chi connectivity index (χ1v) is 12.4. The van der Waals surface area contributed by atoms with Crippen molar-refractivity contribution in [3.8, 4) is 0 Å². The van der Waals surface area contributed by atoms with Crippen LogP contribution >= 0.6 is 35.7 Å². The third-order valence-electron chi connectivity index (χ3n) is 5.51. The first-order chi connectivity index (χ1) is 14.4. The van der Waals surface area contributed by atoms with Crippen molar-refractivity contribution in [2.75, 3.05) is 29.5 Å². The Morgan fingerprint density at radius 1 is 1.30 bits per heavy atom. The molecule has 6 nitrogen and oxygen atoms in total. The molecule has 2 aliphatic heterocycles. The second-order valence-electron chi connectivity index (χ2n) is 7.45. The van der Waals surface area contributed by atoms with Gasteiger partial charge in [-0.25, -0.2) is 4.98 Å². The van der Waals surface area contributed by atoms with E-state index in [2.05, 4.69) is 4.90 Å². The highest BCUT2D eigenvalue weighted by Gasteiger charge is 2.35. The van der Waals surface area contributed by atoms with Crippen molar-refractivity contribution in [3.63, 3.8) is 0 Å². The van der Waals surface area contributed by atoms with Gasteiger partial charge in [0.05, 0.1) is 10.5 Å². The quantitative estimate of drug-likeness (QED) is 0.511. The van der Waals surface area contributed by atoms with E-state index in [0.717, 1.165) is 36.6 Å². The van der Waals surface area contributed by atoms with Crippen LogP contribution in [-0.4, -0.2) is 55.1 Å². The van der Waals surface area contributed by atoms with E-state index in [1.807, 2.05) is 44.7 Å². The van der Waals surface area contributed by atoms with Crippen molar-refractivity contribution in [3.05, 3.63) is 44.7 Å². The minimum Gasteiger partial charge on any atom is -0.354 e. The number of anilines is 1. The van der Waals surface area contributed by atoms with Crippen LogP contribution in [0.3, 0.4) is 0 Å². The Labute approximate surface area is 189 Å². The fraction of sp³-hybridized carbons (Fsp3) is 0.429. The van der Waals surface area contributed by atoms with Gasteiger partial charge >= 0.3 is 0 Å². The van der Waals surface area contributed by atoms with Crippen LogP contribution < -0.4 is 10.5 Å². The van der Waals surface area contributed by atoms with E-state index >= 15 is 0 Å². The minimum absolute atomic E-state index is 0.0282. The molecule has 0 bridgehead atoms. The number of thioether (sulfide) groups is 2. The molecule has 9 heteroatoms. The second-order valence-corrected chi connectivity index (χ2v) is 10.3. The zero-order valence-electron chi connectivity index (χ0n) is 17.3. The maximum atomic E-state index is 13.5. The topological polar surface area (TPSA) is 57.9 Å². The molecule has 2 fully saturated rings. The molecule has 0 unspecified atom stereocenters. The number of aromatic nitrogens is 2. The molecular weight excluding hydrogens is 436 g/mol. The molecule has 4 heterocycles. The van der Waals surface area contributed by atoms with Crippen molar-refractivity contribution in [2.45, 2.75) is 33.2 Å². The van der Waals surface area contributed by atoms with E-state index < -0.39 is 0 Å². The zero-order valence-corrected chi connectivity index (χ0v) is 19.7. The van der Waals surface area contributed by atoms with Crippen LogP contribution in [0.2, 0.25) is 0 Å². The first kappa shape index (κ1) is 21.4. The third-order valence-corrected chi connectivity index (χ3v) is 7.78. The van der Waals surface area contributed by atoms with Gasteiger partial charge in [-0.2, -0.15) is 11.8 Å². The molecule has 158 valence electrons. The SMILES string of the molecule is CC[C@H](C)N1C(=O)/C(=C\c2c(N3CCSCC3)nc3c(C)cccn3c2=O)SC1=S. The minimum atomic E-state index is -0.161. The summed E-state index contributed by atoms with van der Waals surface area (Å²) in [4.78, 5) is 35.7. The lowest BCUT2D eigenvalue weighted by atomic mass is 10.2. The molecule has 0 aliphatic carbocycles. The monoisotopic (exact) mass is 460 g/mol. The number of aryl methyl sites for hydroxylation is 1. The summed E-state index contributed by atoms with van der Waals surface area (Å²) in [5.41, 5.74) is 1.89. The van der Waals surface area contributed by atoms with Gasteiger partial charge in [0.15, 0.2) is 0 Å². The van der Waals surface area contributed by atoms with Gasteiger partial charge in [0.2, 0.25) is 0 Å². The van der Waals surface area contributed by atoms with Crippen LogP contribution in [0.25, 0.3) is 11.7 Å². The highest BCUT2D eigenvalue weighted by atomic mass is 32.2. The number of carbonyl (C=O) groups is 1. The zero-order chi connectivity index (χ0) is 21.4. The van der Waals surface area contributed by atoms with Gasteiger partial charge in [-0.3, -0.25) is 18.9 Å². The number of pyridine rings is 1. The van der Waals surface area contributed by atoms with E-state index in [1.54, 1.807) is 21.6 Å². The summed E-state index contributed by atoms with van der Waals surface area (Å²) in [7, 11) is 0. The van der Waals surface area contributed by atoms with Gasteiger partial charge in [-0.15, -0.1) is 0 Å². The van der Waals surface area contributed by atoms with Gasteiger partial charge in [-0.1, -0.05) is 37.0 Å². The number of amides is 1. The standard InChI is InChI=1S/C21H24N4O2S3/c1-4-14(3)25-20(27)16(30-21(25)28)12-15-18(23-8-10-29-11-9-23)22-17-13(2)6-5-7-24(17)19(15)26/h5-7,12,14H,4,8-11H2,1-3H3/b16-12+/t14-/m0/s1. The van der Waals surface area contributed by atoms with Gasteiger partial charge in [0.25, 0.3) is 11.5 Å². The van der Waals surface area contributed by atoms with Crippen LogP contribution in [0.5, 0.6) is 0 Å². The molecule has 30 heavy (non-hydrogen) atoms. The lowest BCUT2D eigenvalue weighted by molar-refractivity contribution is -0.123. The molecule has 0 N–H and O–H groups in total. The number of carbonyl (C=O) groups excluding carboxylic acids is 1. The fourth-order valence-electron chi connectivity index (χ4n) is 3.62. The van der Waals surface area contributed by atoms with Gasteiger partial charge < -0.3 is 4.90 Å². The average molecular weight is 461 g/mol. The molecule has 2 aliphatic rings. The fourth-order valence-corrected chi connectivity index (χ4v) is 5.96. The summed E-state index contributed by atoms with van der Waals surface area (Å²) in [5, 5.41) is 0. The number of rotatable bonds is 4. The average Bonchev–Trinajstić information content (AvgIpc) is 3.03. The van der Waals surface area contributed by atoms with E-state index in [4.69, 9.17) is 17.2 Å². The molecule has 4 rings (SSSR count). The van der Waals surface area contributed by atoms with Crippen LogP contribution in [0.1, 0.15) is 31.4 Å². The van der Waals surface area contributed by atoms with E-state index in [-0.39, 0.29) is 17.5 Å². The van der Waals surface area contributed by atoms with E-state index in [0.29, 0.717) is 26.3 Å². The molecule has 2 saturated heterocycles. The highest BCUT2D eigenvalue weighted by molar-refractivity contribution is 8.26. The number of thiocarbonyl (C=S) groups is 1. The molecule has 0 radical (unpaired) electrons. The number of hydrogen-bond donors (Lipinski definition) is 0. The van der Waals surface area contributed by atoms with Crippen LogP contribution in [0, 0.1) is 6.92 Å². The normalized spacial score (nSPS) is 19.9. The van der Waals surface area contributed by atoms with Crippen LogP contribution in [-0.2, 0) is 4.79 Å². The lowest BCUT2D eigenvalue weighted by Gasteiger charge is -2.29. The van der Waals surface area contributed by atoms with Gasteiger partial charge in [-0.05, 0) is 38.0 Å². The van der Waals surface area contributed by atoms with Gasteiger partial charge in [0.1, 0.15) is 15.8 Å². The molecule has 1 atom stereocenters. The van der Waals surface area contributed by atoms with Crippen molar-refractivity contribution < 1.29 is 4.79 Å². The number of hydrogen-bond acceptors (Lipinski definition) is 7. The van der Waals surface area contributed by atoms with Crippen molar-refractivity contribution in [1.29, 1.82) is 0 Å². The lowest BCUT2D eigenvalue weighted by Crippen LogP contribution is -2.36. The highest BCUT2D eigenvalue weighted by Crippen LogP contribution is 2.35. The van der Waals surface area contributed by atoms with E-state index in [1.165, 1.54) is 11.8 Å². The molecule has 0 saturated carbocycles. The summed E-state index contributed by atoms with van der Waals surface area (Å²) < 4.78 is 2.11. The van der Waals surface area contributed by atoms with Crippen molar-refractivity contribution in [2.24, 2.45) is 0 Å². The predicted octanol–water partition coefficient (Wildman–Crippen LogP) is 3.56. The summed E-state index contributed by atoms with van der Waals surface area (Å²) >= 11 is 8.62. The Morgan fingerprint density at radius 2 is 2.03 bits per heavy atom. The molecule has 2 aromatic rings. The van der Waals surface area contributed by atoms with Crippen molar-refractivity contribution in [1.82, 2.24) is 14.3 Å². The molecule has 0 spiro atoms. The molecular formula is C21H24N4O2S3. The Kier molecular flexibility index (Phi) is 6.22. The smallest absolute Gasteiger partial charge is 0.267 e. The molecule has 1 amide bonds. The largest absolute Gasteiger partial charge is 0.354 e. The maximum absolute atomic E-state index is 13.5. The Hall–Kier alpha value is -1.84. The number of fused-ring (bicyclic) bond motifs is 1. The summed E-state index contributed by atoms with van der Waals surface area (Å²) in [6, 6.07) is 3.82. The Bertz CT molecular complexity index is 1110.